The lowest BCUT2D eigenvalue weighted by atomic mass is 9.64. The number of carbonyl (C=O) groups excluding carboxylic acids is 1. The van der Waals surface area contributed by atoms with E-state index >= 15 is 0 Å². The summed E-state index contributed by atoms with van der Waals surface area (Å²) in [5.41, 5.74) is 1.31. The Morgan fingerprint density at radius 1 is 1.04 bits per heavy atom. The molecule has 1 saturated carbocycles. The van der Waals surface area contributed by atoms with E-state index in [1.807, 2.05) is 62.4 Å². The third-order valence-corrected chi connectivity index (χ3v) is 4.78. The van der Waals surface area contributed by atoms with Crippen LogP contribution in [0.4, 0.5) is 5.69 Å². The number of nitrogens with one attached hydrogen (secondary N) is 1. The first-order valence-electron chi connectivity index (χ1n) is 8.96. The third-order valence-electron chi connectivity index (χ3n) is 4.78. The van der Waals surface area contributed by atoms with Crippen molar-refractivity contribution in [2.45, 2.75) is 38.5 Å². The smallest absolute Gasteiger partial charge is 0.235 e. The minimum Gasteiger partial charge on any atom is -0.494 e. The second-order valence-corrected chi connectivity index (χ2v) is 6.28. The van der Waals surface area contributed by atoms with E-state index in [4.69, 9.17) is 9.47 Å². The van der Waals surface area contributed by atoms with Crippen LogP contribution in [0.5, 0.6) is 11.5 Å². The van der Waals surface area contributed by atoms with E-state index in [2.05, 4.69) is 5.32 Å². The Hall–Kier alpha value is -2.49. The van der Waals surface area contributed by atoms with Gasteiger partial charge in [0, 0.05) is 6.07 Å². The average molecular weight is 339 g/mol. The third kappa shape index (κ3) is 3.48. The fourth-order valence-corrected chi connectivity index (χ4v) is 3.32. The van der Waals surface area contributed by atoms with E-state index in [-0.39, 0.29) is 5.91 Å². The van der Waals surface area contributed by atoms with Gasteiger partial charge in [-0.05, 0) is 44.4 Å². The van der Waals surface area contributed by atoms with E-state index in [0.717, 1.165) is 30.6 Å². The summed E-state index contributed by atoms with van der Waals surface area (Å²) < 4.78 is 11.2. The Kier molecular flexibility index (Phi) is 5.27. The molecule has 3 rings (SSSR count). The highest BCUT2D eigenvalue weighted by Crippen LogP contribution is 2.45. The van der Waals surface area contributed by atoms with Gasteiger partial charge in [0.2, 0.25) is 5.91 Å². The number of anilines is 1. The second kappa shape index (κ2) is 7.60. The standard InChI is InChI=1S/C21H25NO3/c1-3-24-17-11-12-19(25-4-2)18(15-17)22-20(23)21(13-8-14-21)16-9-6-5-7-10-16/h5-7,9-12,15H,3-4,8,13-14H2,1-2H3,(H,22,23). The molecule has 0 aromatic heterocycles. The fraction of sp³-hybridized carbons (Fsp3) is 0.381. The Morgan fingerprint density at radius 2 is 1.76 bits per heavy atom. The predicted molar refractivity (Wildman–Crippen MR) is 99.4 cm³/mol. The molecule has 0 spiro atoms. The van der Waals surface area contributed by atoms with Crippen molar-refractivity contribution in [1.82, 2.24) is 0 Å². The van der Waals surface area contributed by atoms with Gasteiger partial charge in [-0.15, -0.1) is 0 Å². The largest absolute Gasteiger partial charge is 0.494 e. The van der Waals surface area contributed by atoms with Crippen LogP contribution in [0.15, 0.2) is 48.5 Å². The average Bonchev–Trinajstić information content (AvgIpc) is 2.58. The lowest BCUT2D eigenvalue weighted by Crippen LogP contribution is -2.46. The summed E-state index contributed by atoms with van der Waals surface area (Å²) in [4.78, 5) is 13.1. The van der Waals surface area contributed by atoms with Crippen molar-refractivity contribution in [3.8, 4) is 11.5 Å². The monoisotopic (exact) mass is 339 g/mol. The molecule has 1 aliphatic carbocycles. The molecule has 0 bridgehead atoms. The molecule has 4 nitrogen and oxygen atoms in total. The van der Waals surface area contributed by atoms with Crippen LogP contribution in [0.2, 0.25) is 0 Å². The van der Waals surface area contributed by atoms with Crippen LogP contribution >= 0.6 is 0 Å². The Bertz CT molecular complexity index is 723. The molecular weight excluding hydrogens is 314 g/mol. The molecule has 0 aliphatic heterocycles. The van der Waals surface area contributed by atoms with Crippen molar-refractivity contribution in [2.24, 2.45) is 0 Å². The number of benzene rings is 2. The maximum absolute atomic E-state index is 13.1. The van der Waals surface area contributed by atoms with Gasteiger partial charge in [0.25, 0.3) is 0 Å². The highest BCUT2D eigenvalue weighted by atomic mass is 16.5. The molecule has 0 heterocycles. The molecule has 2 aromatic rings. The maximum Gasteiger partial charge on any atom is 0.235 e. The number of hydrogen-bond acceptors (Lipinski definition) is 3. The minimum atomic E-state index is -0.438. The molecule has 132 valence electrons. The van der Waals surface area contributed by atoms with Gasteiger partial charge in [0.1, 0.15) is 11.5 Å². The molecule has 1 fully saturated rings. The highest BCUT2D eigenvalue weighted by molar-refractivity contribution is 6.01. The quantitative estimate of drug-likeness (QED) is 0.805. The van der Waals surface area contributed by atoms with Crippen LogP contribution in [0.3, 0.4) is 0 Å². The lowest BCUT2D eigenvalue weighted by molar-refractivity contribution is -0.124. The van der Waals surface area contributed by atoms with Gasteiger partial charge in [0.05, 0.1) is 24.3 Å². The van der Waals surface area contributed by atoms with E-state index in [9.17, 15) is 4.79 Å². The van der Waals surface area contributed by atoms with Crippen molar-refractivity contribution in [3.63, 3.8) is 0 Å². The van der Waals surface area contributed by atoms with E-state index in [1.54, 1.807) is 0 Å². The first kappa shape index (κ1) is 17.3. The minimum absolute atomic E-state index is 0.0274. The summed E-state index contributed by atoms with van der Waals surface area (Å²) in [6, 6.07) is 15.6. The van der Waals surface area contributed by atoms with Crippen LogP contribution in [0, 0.1) is 0 Å². The normalized spacial score (nSPS) is 15.1. The van der Waals surface area contributed by atoms with Crippen LogP contribution in [0.25, 0.3) is 0 Å². The van der Waals surface area contributed by atoms with Crippen molar-refractivity contribution in [3.05, 3.63) is 54.1 Å². The molecule has 1 amide bonds. The molecule has 2 aromatic carbocycles. The molecule has 1 N–H and O–H groups in total. The summed E-state index contributed by atoms with van der Waals surface area (Å²) in [6.07, 6.45) is 2.82. The summed E-state index contributed by atoms with van der Waals surface area (Å²) in [5.74, 6) is 1.42. The molecule has 25 heavy (non-hydrogen) atoms. The number of amides is 1. The first-order chi connectivity index (χ1) is 12.2. The zero-order valence-corrected chi connectivity index (χ0v) is 14.9. The molecule has 0 saturated heterocycles. The van der Waals surface area contributed by atoms with Gasteiger partial charge >= 0.3 is 0 Å². The number of hydrogen-bond donors (Lipinski definition) is 1. The van der Waals surface area contributed by atoms with Crippen molar-refractivity contribution < 1.29 is 14.3 Å². The van der Waals surface area contributed by atoms with E-state index in [0.29, 0.717) is 24.7 Å². The van der Waals surface area contributed by atoms with Crippen LogP contribution < -0.4 is 14.8 Å². The molecule has 0 radical (unpaired) electrons. The van der Waals surface area contributed by atoms with Crippen LogP contribution in [0.1, 0.15) is 38.7 Å². The SMILES string of the molecule is CCOc1ccc(OCC)c(NC(=O)C2(c3ccccc3)CCC2)c1. The van der Waals surface area contributed by atoms with Gasteiger partial charge < -0.3 is 14.8 Å². The highest BCUT2D eigenvalue weighted by Gasteiger charge is 2.45. The van der Waals surface area contributed by atoms with Crippen molar-refractivity contribution >= 4 is 11.6 Å². The van der Waals surface area contributed by atoms with E-state index < -0.39 is 5.41 Å². The zero-order chi connectivity index (χ0) is 17.7. The zero-order valence-electron chi connectivity index (χ0n) is 14.9. The Balaban J connectivity index is 1.87. The summed E-state index contributed by atoms with van der Waals surface area (Å²) in [7, 11) is 0. The summed E-state index contributed by atoms with van der Waals surface area (Å²) in [6.45, 7) is 4.99. The molecular formula is C21H25NO3. The van der Waals surface area contributed by atoms with Gasteiger partial charge in [0.15, 0.2) is 0 Å². The second-order valence-electron chi connectivity index (χ2n) is 6.28. The predicted octanol–water partition coefficient (Wildman–Crippen LogP) is 4.54. The maximum atomic E-state index is 13.1. The summed E-state index contributed by atoms with van der Waals surface area (Å²) in [5, 5.41) is 3.09. The van der Waals surface area contributed by atoms with E-state index in [1.165, 1.54) is 0 Å². The molecule has 4 heteroatoms. The Labute approximate surface area is 149 Å². The molecule has 1 aliphatic rings. The molecule has 0 unspecified atom stereocenters. The number of carbonyl (C=O) groups is 1. The topological polar surface area (TPSA) is 47.6 Å². The first-order valence-corrected chi connectivity index (χ1v) is 8.96. The van der Waals surface area contributed by atoms with Gasteiger partial charge in [-0.3, -0.25) is 4.79 Å². The number of ether oxygens (including phenoxy) is 2. The van der Waals surface area contributed by atoms with Gasteiger partial charge in [-0.1, -0.05) is 36.8 Å². The van der Waals surface area contributed by atoms with Crippen LogP contribution in [-0.4, -0.2) is 19.1 Å². The fourth-order valence-electron chi connectivity index (χ4n) is 3.32. The van der Waals surface area contributed by atoms with Gasteiger partial charge in [-0.2, -0.15) is 0 Å². The lowest BCUT2D eigenvalue weighted by Gasteiger charge is -2.40. The number of rotatable bonds is 7. The summed E-state index contributed by atoms with van der Waals surface area (Å²) >= 11 is 0. The molecule has 0 atom stereocenters. The van der Waals surface area contributed by atoms with Crippen molar-refractivity contribution in [1.29, 1.82) is 0 Å². The van der Waals surface area contributed by atoms with Crippen molar-refractivity contribution in [2.75, 3.05) is 18.5 Å². The van der Waals surface area contributed by atoms with Crippen LogP contribution in [-0.2, 0) is 10.2 Å². The Morgan fingerprint density at radius 3 is 2.36 bits per heavy atom. The van der Waals surface area contributed by atoms with Gasteiger partial charge in [-0.25, -0.2) is 0 Å².